The SMILES string of the molecule is O=CC(O)c1c[nH]c2ncncc12. The normalized spacial score (nSPS) is 13.0. The Hall–Kier alpha value is -1.75. The first-order valence-corrected chi connectivity index (χ1v) is 3.73. The molecule has 0 aromatic carbocycles. The molecule has 1 unspecified atom stereocenters. The third-order valence-electron chi connectivity index (χ3n) is 1.84. The van der Waals surface area contributed by atoms with Gasteiger partial charge in [0, 0.05) is 23.3 Å². The Balaban J connectivity index is 2.64. The lowest BCUT2D eigenvalue weighted by atomic mass is 10.1. The van der Waals surface area contributed by atoms with Gasteiger partial charge < -0.3 is 14.9 Å². The molecule has 2 rings (SSSR count). The molecule has 13 heavy (non-hydrogen) atoms. The summed E-state index contributed by atoms with van der Waals surface area (Å²) in [6, 6.07) is 0. The van der Waals surface area contributed by atoms with Crippen molar-refractivity contribution in [2.45, 2.75) is 6.10 Å². The van der Waals surface area contributed by atoms with Crippen LogP contribution in [0.1, 0.15) is 11.7 Å². The zero-order valence-corrected chi connectivity index (χ0v) is 6.64. The minimum absolute atomic E-state index is 0.468. The minimum Gasteiger partial charge on any atom is -0.381 e. The summed E-state index contributed by atoms with van der Waals surface area (Å²) in [5, 5.41) is 9.94. The fraction of sp³-hybridized carbons (Fsp3) is 0.125. The van der Waals surface area contributed by atoms with Crippen LogP contribution in [-0.2, 0) is 4.79 Å². The first-order valence-electron chi connectivity index (χ1n) is 3.73. The van der Waals surface area contributed by atoms with Crippen LogP contribution in [0.25, 0.3) is 11.0 Å². The van der Waals surface area contributed by atoms with Gasteiger partial charge >= 0.3 is 0 Å². The second-order valence-electron chi connectivity index (χ2n) is 2.61. The van der Waals surface area contributed by atoms with Crippen molar-refractivity contribution in [2.24, 2.45) is 0 Å². The number of hydrogen-bond acceptors (Lipinski definition) is 4. The molecule has 0 aliphatic carbocycles. The van der Waals surface area contributed by atoms with Gasteiger partial charge in [-0.3, -0.25) is 0 Å². The largest absolute Gasteiger partial charge is 0.381 e. The summed E-state index contributed by atoms with van der Waals surface area (Å²) in [7, 11) is 0. The number of aromatic nitrogens is 3. The summed E-state index contributed by atoms with van der Waals surface area (Å²) in [5.74, 6) is 0. The van der Waals surface area contributed by atoms with Gasteiger partial charge in [0.15, 0.2) is 6.29 Å². The molecule has 0 bridgehead atoms. The van der Waals surface area contributed by atoms with Gasteiger partial charge in [-0.2, -0.15) is 0 Å². The highest BCUT2D eigenvalue weighted by Gasteiger charge is 2.11. The van der Waals surface area contributed by atoms with Crippen molar-refractivity contribution in [1.82, 2.24) is 15.0 Å². The fourth-order valence-corrected chi connectivity index (χ4v) is 1.20. The summed E-state index contributed by atoms with van der Waals surface area (Å²) in [6.45, 7) is 0. The number of nitrogens with zero attached hydrogens (tertiary/aromatic N) is 2. The number of aromatic amines is 1. The first kappa shape index (κ1) is 7.88. The maximum Gasteiger partial charge on any atom is 0.153 e. The van der Waals surface area contributed by atoms with Crippen LogP contribution in [-0.4, -0.2) is 26.3 Å². The van der Waals surface area contributed by atoms with Crippen LogP contribution >= 0.6 is 0 Å². The van der Waals surface area contributed by atoms with Crippen molar-refractivity contribution in [3.05, 3.63) is 24.3 Å². The van der Waals surface area contributed by atoms with Crippen LogP contribution in [0, 0.1) is 0 Å². The quantitative estimate of drug-likeness (QED) is 0.642. The molecular weight excluding hydrogens is 170 g/mol. The standard InChI is InChI=1S/C8H7N3O2/c12-3-7(13)5-2-10-8-6(5)1-9-4-11-8/h1-4,7,13H,(H,9,10,11). The second kappa shape index (κ2) is 2.95. The maximum absolute atomic E-state index is 10.3. The number of carbonyl (C=O) groups excluding carboxylic acids is 1. The van der Waals surface area contributed by atoms with E-state index in [0.717, 1.165) is 0 Å². The summed E-state index contributed by atoms with van der Waals surface area (Å²) in [4.78, 5) is 20.9. The van der Waals surface area contributed by atoms with Gasteiger partial charge in [-0.25, -0.2) is 9.97 Å². The van der Waals surface area contributed by atoms with E-state index in [1.54, 1.807) is 12.4 Å². The topological polar surface area (TPSA) is 78.9 Å². The summed E-state index contributed by atoms with van der Waals surface area (Å²) in [5.41, 5.74) is 1.12. The Bertz CT molecular complexity index is 438. The molecule has 0 saturated heterocycles. The lowest BCUT2D eigenvalue weighted by Crippen LogP contribution is -1.96. The van der Waals surface area contributed by atoms with Gasteiger partial charge in [-0.1, -0.05) is 0 Å². The fourth-order valence-electron chi connectivity index (χ4n) is 1.20. The number of aliphatic hydroxyl groups is 1. The number of nitrogens with one attached hydrogen (secondary N) is 1. The Morgan fingerprint density at radius 3 is 3.23 bits per heavy atom. The predicted octanol–water partition coefficient (Wildman–Crippen LogP) is 0.190. The minimum atomic E-state index is -1.11. The number of aldehydes is 1. The Kier molecular flexibility index (Phi) is 1.79. The maximum atomic E-state index is 10.3. The Morgan fingerprint density at radius 2 is 2.46 bits per heavy atom. The Morgan fingerprint density at radius 1 is 1.62 bits per heavy atom. The van der Waals surface area contributed by atoms with Crippen molar-refractivity contribution < 1.29 is 9.90 Å². The van der Waals surface area contributed by atoms with Crippen molar-refractivity contribution in [3.63, 3.8) is 0 Å². The smallest absolute Gasteiger partial charge is 0.153 e. The van der Waals surface area contributed by atoms with Gasteiger partial charge in [0.1, 0.15) is 18.1 Å². The monoisotopic (exact) mass is 177 g/mol. The molecule has 0 spiro atoms. The highest BCUT2D eigenvalue weighted by molar-refractivity contribution is 5.82. The number of H-pyrrole nitrogens is 1. The number of hydrogen-bond donors (Lipinski definition) is 2. The van der Waals surface area contributed by atoms with E-state index in [1.165, 1.54) is 6.33 Å². The zero-order valence-electron chi connectivity index (χ0n) is 6.64. The van der Waals surface area contributed by atoms with Gasteiger partial charge in [-0.05, 0) is 0 Å². The van der Waals surface area contributed by atoms with Gasteiger partial charge in [0.25, 0.3) is 0 Å². The molecule has 2 aromatic heterocycles. The van der Waals surface area contributed by atoms with E-state index in [2.05, 4.69) is 15.0 Å². The van der Waals surface area contributed by atoms with E-state index in [9.17, 15) is 9.90 Å². The second-order valence-corrected chi connectivity index (χ2v) is 2.61. The average molecular weight is 177 g/mol. The zero-order chi connectivity index (χ0) is 9.26. The van der Waals surface area contributed by atoms with Crippen molar-refractivity contribution in [3.8, 4) is 0 Å². The summed E-state index contributed by atoms with van der Waals surface area (Å²) in [6.07, 6.45) is 3.87. The molecule has 1 atom stereocenters. The van der Waals surface area contributed by atoms with Crippen LogP contribution in [0.4, 0.5) is 0 Å². The van der Waals surface area contributed by atoms with E-state index in [1.807, 2.05) is 0 Å². The molecule has 0 aliphatic heterocycles. The van der Waals surface area contributed by atoms with Crippen molar-refractivity contribution in [2.75, 3.05) is 0 Å². The first-order chi connectivity index (χ1) is 6.33. The molecule has 0 saturated carbocycles. The van der Waals surface area contributed by atoms with Crippen molar-refractivity contribution >= 4 is 17.3 Å². The predicted molar refractivity (Wildman–Crippen MR) is 44.9 cm³/mol. The van der Waals surface area contributed by atoms with Gasteiger partial charge in [0.05, 0.1) is 0 Å². The molecule has 2 heterocycles. The lowest BCUT2D eigenvalue weighted by molar-refractivity contribution is -0.115. The summed E-state index contributed by atoms with van der Waals surface area (Å²) >= 11 is 0. The number of carbonyl (C=O) groups is 1. The average Bonchev–Trinajstić information content (AvgIpc) is 2.60. The van der Waals surface area contributed by atoms with Crippen LogP contribution in [0.15, 0.2) is 18.7 Å². The molecule has 5 nitrogen and oxygen atoms in total. The van der Waals surface area contributed by atoms with E-state index in [4.69, 9.17) is 0 Å². The molecule has 66 valence electrons. The van der Waals surface area contributed by atoms with Crippen LogP contribution < -0.4 is 0 Å². The number of aliphatic hydroxyl groups excluding tert-OH is 1. The van der Waals surface area contributed by atoms with E-state index >= 15 is 0 Å². The van der Waals surface area contributed by atoms with Crippen LogP contribution in [0.2, 0.25) is 0 Å². The third-order valence-corrected chi connectivity index (χ3v) is 1.84. The number of rotatable bonds is 2. The van der Waals surface area contributed by atoms with Crippen LogP contribution in [0.3, 0.4) is 0 Å². The molecule has 0 amide bonds. The van der Waals surface area contributed by atoms with Crippen LogP contribution in [0.5, 0.6) is 0 Å². The molecule has 2 N–H and O–H groups in total. The van der Waals surface area contributed by atoms with Gasteiger partial charge in [0.2, 0.25) is 0 Å². The van der Waals surface area contributed by atoms with Crippen molar-refractivity contribution in [1.29, 1.82) is 0 Å². The summed E-state index contributed by atoms with van der Waals surface area (Å²) < 4.78 is 0. The highest BCUT2D eigenvalue weighted by atomic mass is 16.3. The molecular formula is C8H7N3O2. The van der Waals surface area contributed by atoms with Gasteiger partial charge in [-0.15, -0.1) is 0 Å². The molecule has 0 fully saturated rings. The Labute approximate surface area is 73.4 Å². The van der Waals surface area contributed by atoms with E-state index < -0.39 is 6.10 Å². The highest BCUT2D eigenvalue weighted by Crippen LogP contribution is 2.20. The number of fused-ring (bicyclic) bond motifs is 1. The lowest BCUT2D eigenvalue weighted by Gasteiger charge is -1.98. The van der Waals surface area contributed by atoms with E-state index in [-0.39, 0.29) is 0 Å². The third kappa shape index (κ3) is 1.19. The molecule has 0 radical (unpaired) electrons. The molecule has 0 aliphatic rings. The molecule has 2 aromatic rings. The molecule has 5 heteroatoms. The van der Waals surface area contributed by atoms with E-state index in [0.29, 0.717) is 22.9 Å².